The summed E-state index contributed by atoms with van der Waals surface area (Å²) in [5.74, 6) is 0.668. The molecule has 1 saturated heterocycles. The fourth-order valence-electron chi connectivity index (χ4n) is 3.75. The van der Waals surface area contributed by atoms with Gasteiger partial charge in [-0.1, -0.05) is 17.7 Å². The number of aromatic nitrogens is 2. The van der Waals surface area contributed by atoms with Gasteiger partial charge in [-0.3, -0.25) is 9.78 Å². The molecule has 4 rings (SSSR count). The van der Waals surface area contributed by atoms with E-state index < -0.39 is 0 Å². The van der Waals surface area contributed by atoms with Gasteiger partial charge in [0.2, 0.25) is 0 Å². The zero-order chi connectivity index (χ0) is 21.1. The minimum atomic E-state index is -0.217. The highest BCUT2D eigenvalue weighted by Gasteiger charge is 2.22. The van der Waals surface area contributed by atoms with Crippen LogP contribution in [0.25, 0.3) is 11.3 Å². The number of benzene rings is 1. The van der Waals surface area contributed by atoms with Crippen molar-refractivity contribution in [3.8, 4) is 11.3 Å². The number of hydrogen-bond donors (Lipinski definition) is 2. The number of halogens is 1. The first-order chi connectivity index (χ1) is 14.5. The third kappa shape index (κ3) is 4.61. The van der Waals surface area contributed by atoms with Crippen LogP contribution in [0.5, 0.6) is 0 Å². The van der Waals surface area contributed by atoms with E-state index in [1.54, 1.807) is 24.5 Å². The lowest BCUT2D eigenvalue weighted by atomic mass is 10.1. The molecule has 1 amide bonds. The molecule has 1 aliphatic rings. The van der Waals surface area contributed by atoms with Crippen LogP contribution in [-0.2, 0) is 0 Å². The summed E-state index contributed by atoms with van der Waals surface area (Å²) in [6.07, 6.45) is 3.33. The molecule has 3 aromatic rings. The predicted molar refractivity (Wildman–Crippen MR) is 121 cm³/mol. The number of pyridine rings is 2. The van der Waals surface area contributed by atoms with Crippen molar-refractivity contribution < 1.29 is 4.79 Å². The molecule has 0 radical (unpaired) electrons. The van der Waals surface area contributed by atoms with Crippen LogP contribution in [0.2, 0.25) is 5.02 Å². The molecule has 3 heterocycles. The van der Waals surface area contributed by atoms with E-state index in [0.717, 1.165) is 30.2 Å². The number of nitrogens with one attached hydrogen (secondary N) is 2. The maximum atomic E-state index is 12.7. The van der Waals surface area contributed by atoms with Crippen molar-refractivity contribution >= 4 is 29.0 Å². The Morgan fingerprint density at radius 3 is 2.57 bits per heavy atom. The van der Waals surface area contributed by atoms with Gasteiger partial charge in [0, 0.05) is 48.8 Å². The second kappa shape index (κ2) is 8.81. The van der Waals surface area contributed by atoms with E-state index in [4.69, 9.17) is 11.6 Å². The molecule has 1 aromatic carbocycles. The molecule has 30 heavy (non-hydrogen) atoms. The van der Waals surface area contributed by atoms with Crippen LogP contribution >= 0.6 is 11.6 Å². The van der Waals surface area contributed by atoms with E-state index in [-0.39, 0.29) is 5.91 Å². The topological polar surface area (TPSA) is 70.2 Å². The average Bonchev–Trinajstić information content (AvgIpc) is 2.75. The van der Waals surface area contributed by atoms with Crippen LogP contribution < -0.4 is 15.5 Å². The summed E-state index contributed by atoms with van der Waals surface area (Å²) in [5.41, 5.74) is 2.68. The largest absolute Gasteiger partial charge is 0.354 e. The first-order valence-corrected chi connectivity index (χ1v) is 10.4. The number of anilines is 2. The van der Waals surface area contributed by atoms with Gasteiger partial charge in [0.05, 0.1) is 16.3 Å². The van der Waals surface area contributed by atoms with E-state index in [9.17, 15) is 4.79 Å². The van der Waals surface area contributed by atoms with Crippen LogP contribution in [0.1, 0.15) is 24.2 Å². The highest BCUT2D eigenvalue weighted by Crippen LogP contribution is 2.29. The normalized spacial score (nSPS) is 18.8. The summed E-state index contributed by atoms with van der Waals surface area (Å²) in [6, 6.07) is 15.5. The molecule has 6 nitrogen and oxygen atoms in total. The van der Waals surface area contributed by atoms with Gasteiger partial charge in [0.1, 0.15) is 5.82 Å². The van der Waals surface area contributed by atoms with Gasteiger partial charge in [-0.25, -0.2) is 4.98 Å². The summed E-state index contributed by atoms with van der Waals surface area (Å²) >= 11 is 6.32. The molecule has 1 aliphatic heterocycles. The van der Waals surface area contributed by atoms with Gasteiger partial charge >= 0.3 is 0 Å². The predicted octanol–water partition coefficient (Wildman–Crippen LogP) is 4.24. The van der Waals surface area contributed by atoms with E-state index in [0.29, 0.717) is 28.4 Å². The Labute approximate surface area is 181 Å². The van der Waals surface area contributed by atoms with Gasteiger partial charge in [0.25, 0.3) is 5.91 Å². The number of hydrogen-bond acceptors (Lipinski definition) is 5. The minimum absolute atomic E-state index is 0.217. The third-order valence-electron chi connectivity index (χ3n) is 5.06. The maximum absolute atomic E-state index is 12.7. The standard InChI is InChI=1S/C23H24ClN5O/c1-15-13-29(14-16(2)27-15)22-9-6-17(12-26-22)23(30)28-18-7-8-20(24)19(11-18)21-5-3-4-10-25-21/h3-12,15-16,27H,13-14H2,1-2H3,(H,28,30)/t15-,16+. The van der Waals surface area contributed by atoms with Gasteiger partial charge in [-0.15, -0.1) is 0 Å². The lowest BCUT2D eigenvalue weighted by Gasteiger charge is -2.36. The van der Waals surface area contributed by atoms with Crippen LogP contribution in [-0.4, -0.2) is 41.0 Å². The van der Waals surface area contributed by atoms with Gasteiger partial charge in [-0.2, -0.15) is 0 Å². The molecular formula is C23H24ClN5O. The minimum Gasteiger partial charge on any atom is -0.354 e. The zero-order valence-corrected chi connectivity index (χ0v) is 17.7. The van der Waals surface area contributed by atoms with Crippen molar-refractivity contribution in [2.75, 3.05) is 23.3 Å². The quantitative estimate of drug-likeness (QED) is 0.659. The van der Waals surface area contributed by atoms with Crippen molar-refractivity contribution in [1.29, 1.82) is 0 Å². The zero-order valence-electron chi connectivity index (χ0n) is 17.0. The monoisotopic (exact) mass is 421 g/mol. The van der Waals surface area contributed by atoms with E-state index in [1.807, 2.05) is 36.4 Å². The summed E-state index contributed by atoms with van der Waals surface area (Å²) in [5, 5.41) is 7.01. The molecule has 2 atom stereocenters. The first kappa shape index (κ1) is 20.3. The molecule has 0 aliphatic carbocycles. The number of carbonyl (C=O) groups excluding carboxylic acids is 1. The van der Waals surface area contributed by atoms with E-state index in [2.05, 4.69) is 39.3 Å². The summed E-state index contributed by atoms with van der Waals surface area (Å²) in [7, 11) is 0. The summed E-state index contributed by atoms with van der Waals surface area (Å²) in [4.78, 5) is 23.8. The fraction of sp³-hybridized carbons (Fsp3) is 0.261. The summed E-state index contributed by atoms with van der Waals surface area (Å²) < 4.78 is 0. The average molecular weight is 422 g/mol. The Hall–Kier alpha value is -2.96. The van der Waals surface area contributed by atoms with Crippen molar-refractivity contribution in [3.63, 3.8) is 0 Å². The lowest BCUT2D eigenvalue weighted by molar-refractivity contribution is 0.102. The maximum Gasteiger partial charge on any atom is 0.257 e. The number of nitrogens with zero attached hydrogens (tertiary/aromatic N) is 3. The van der Waals surface area contributed by atoms with Gasteiger partial charge in [-0.05, 0) is 56.3 Å². The molecule has 154 valence electrons. The molecule has 0 spiro atoms. The van der Waals surface area contributed by atoms with Crippen LogP contribution in [0, 0.1) is 0 Å². The Kier molecular flexibility index (Phi) is 5.97. The second-order valence-corrected chi connectivity index (χ2v) is 8.05. The Balaban J connectivity index is 1.48. The Morgan fingerprint density at radius 1 is 1.10 bits per heavy atom. The fourth-order valence-corrected chi connectivity index (χ4v) is 3.96. The van der Waals surface area contributed by atoms with Crippen LogP contribution in [0.3, 0.4) is 0 Å². The van der Waals surface area contributed by atoms with Gasteiger partial charge in [0.15, 0.2) is 0 Å². The number of rotatable bonds is 4. The molecule has 0 bridgehead atoms. The second-order valence-electron chi connectivity index (χ2n) is 7.64. The van der Waals surface area contributed by atoms with Crippen molar-refractivity contribution in [2.24, 2.45) is 0 Å². The Morgan fingerprint density at radius 2 is 1.90 bits per heavy atom. The van der Waals surface area contributed by atoms with Crippen molar-refractivity contribution in [2.45, 2.75) is 25.9 Å². The number of piperazine rings is 1. The van der Waals surface area contributed by atoms with E-state index >= 15 is 0 Å². The van der Waals surface area contributed by atoms with Crippen molar-refractivity contribution in [1.82, 2.24) is 15.3 Å². The van der Waals surface area contributed by atoms with E-state index in [1.165, 1.54) is 0 Å². The summed E-state index contributed by atoms with van der Waals surface area (Å²) in [6.45, 7) is 6.11. The molecule has 2 aromatic heterocycles. The highest BCUT2D eigenvalue weighted by molar-refractivity contribution is 6.33. The van der Waals surface area contributed by atoms with Crippen LogP contribution in [0.15, 0.2) is 60.9 Å². The number of amides is 1. The third-order valence-corrected chi connectivity index (χ3v) is 5.39. The highest BCUT2D eigenvalue weighted by atomic mass is 35.5. The SMILES string of the molecule is C[C@@H]1CN(c2ccc(C(=O)Nc3ccc(Cl)c(-c4ccccn4)c3)cn2)C[C@H](C)N1. The van der Waals surface area contributed by atoms with Gasteiger partial charge < -0.3 is 15.5 Å². The van der Waals surface area contributed by atoms with Crippen LogP contribution in [0.4, 0.5) is 11.5 Å². The molecule has 0 unspecified atom stereocenters. The molecule has 0 saturated carbocycles. The molecule has 1 fully saturated rings. The Bertz CT molecular complexity index is 1020. The lowest BCUT2D eigenvalue weighted by Crippen LogP contribution is -2.54. The smallest absolute Gasteiger partial charge is 0.257 e. The number of carbonyl (C=O) groups is 1. The molecule has 2 N–H and O–H groups in total. The first-order valence-electron chi connectivity index (χ1n) is 9.99. The molecule has 7 heteroatoms. The molecular weight excluding hydrogens is 398 g/mol. The van der Waals surface area contributed by atoms with Crippen molar-refractivity contribution in [3.05, 3.63) is 71.5 Å².